The zero-order valence-corrected chi connectivity index (χ0v) is 24.5. The summed E-state index contributed by atoms with van der Waals surface area (Å²) >= 11 is -2.91. The number of unbranched alkanes of at least 4 members (excludes halogenated alkanes) is 3. The van der Waals surface area contributed by atoms with Crippen LogP contribution in [0.25, 0.3) is 0 Å². The second kappa shape index (κ2) is 12.6. The number of benzene rings is 1. The Kier molecular flexibility index (Phi) is 10.9. The van der Waals surface area contributed by atoms with E-state index in [4.69, 9.17) is 9.47 Å². The number of amides is 1. The minimum absolute atomic E-state index is 0.0294. The van der Waals surface area contributed by atoms with Crippen LogP contribution in [0.2, 0.25) is 13.3 Å². The van der Waals surface area contributed by atoms with Crippen molar-refractivity contribution in [2.24, 2.45) is 0 Å². The molecule has 1 heterocycles. The second-order valence-electron chi connectivity index (χ2n) is 10.6. The maximum absolute atomic E-state index is 13.6. The molecule has 4 nitrogen and oxygen atoms in total. The average Bonchev–Trinajstić information content (AvgIpc) is 3.11. The molecule has 3 atom stereocenters. The number of nitrogens with zero attached hydrogens (tertiary/aromatic N) is 1. The van der Waals surface area contributed by atoms with Crippen LogP contribution in [0.3, 0.4) is 0 Å². The molecule has 0 aliphatic carbocycles. The maximum atomic E-state index is 13.6. The molecule has 0 radical (unpaired) electrons. The molecule has 0 unspecified atom stereocenters. The van der Waals surface area contributed by atoms with Crippen LogP contribution >= 0.6 is 0 Å². The second-order valence-corrected chi connectivity index (χ2v) is 24.1. The van der Waals surface area contributed by atoms with Crippen LogP contribution in [0.4, 0.5) is 4.79 Å². The first-order valence-corrected chi connectivity index (χ1v) is 20.6. The zero-order valence-electron chi connectivity index (χ0n) is 21.7. The minimum atomic E-state index is -2.91. The number of carbonyl (C=O) groups excluding carboxylic acids is 1. The van der Waals surface area contributed by atoms with Crippen LogP contribution in [0.5, 0.6) is 0 Å². The molecule has 1 fully saturated rings. The van der Waals surface area contributed by atoms with Crippen molar-refractivity contribution in [2.75, 3.05) is 0 Å². The summed E-state index contributed by atoms with van der Waals surface area (Å²) in [4.78, 5) is 15.6. The molecule has 182 valence electrons. The summed E-state index contributed by atoms with van der Waals surface area (Å²) in [6.45, 7) is 14.9. The molecule has 0 saturated carbocycles. The predicted molar refractivity (Wildman–Crippen MR) is 136 cm³/mol. The fourth-order valence-electron chi connectivity index (χ4n) is 5.03. The van der Waals surface area contributed by atoms with Gasteiger partial charge in [0.25, 0.3) is 0 Å². The molecule has 0 aromatic heterocycles. The van der Waals surface area contributed by atoms with E-state index in [1.807, 2.05) is 31.7 Å². The van der Waals surface area contributed by atoms with E-state index in [1.165, 1.54) is 51.8 Å². The van der Waals surface area contributed by atoms with Gasteiger partial charge < -0.3 is 0 Å². The van der Waals surface area contributed by atoms with Crippen LogP contribution < -0.4 is 0 Å². The van der Waals surface area contributed by atoms with Gasteiger partial charge in [0.1, 0.15) is 0 Å². The van der Waals surface area contributed by atoms with Crippen LogP contribution in [-0.4, -0.2) is 45.3 Å². The summed E-state index contributed by atoms with van der Waals surface area (Å²) in [6.07, 6.45) is 7.06. The Balaban J connectivity index is 2.51. The molecule has 2 rings (SSSR count). The van der Waals surface area contributed by atoms with Crippen LogP contribution in [-0.2, 0) is 9.47 Å². The van der Waals surface area contributed by atoms with Gasteiger partial charge in [0.05, 0.1) is 0 Å². The van der Waals surface area contributed by atoms with E-state index in [9.17, 15) is 4.79 Å². The molecule has 0 bridgehead atoms. The summed E-state index contributed by atoms with van der Waals surface area (Å²) in [5.41, 5.74) is 0.651. The Bertz CT molecular complexity index is 666. The molecule has 1 aromatic carbocycles. The van der Waals surface area contributed by atoms with Gasteiger partial charge in [-0.15, -0.1) is 0 Å². The molecule has 32 heavy (non-hydrogen) atoms. The zero-order chi connectivity index (χ0) is 23.8. The number of hydrogen-bond acceptors (Lipinski definition) is 3. The first-order chi connectivity index (χ1) is 15.2. The monoisotopic (exact) mass is 553 g/mol. The van der Waals surface area contributed by atoms with Crippen molar-refractivity contribution in [3.63, 3.8) is 0 Å². The first kappa shape index (κ1) is 27.5. The van der Waals surface area contributed by atoms with Gasteiger partial charge in [-0.05, 0) is 0 Å². The third-order valence-corrected chi connectivity index (χ3v) is 22.5. The van der Waals surface area contributed by atoms with E-state index in [0.717, 1.165) is 5.56 Å². The third kappa shape index (κ3) is 7.12. The molecule has 0 N–H and O–H groups in total. The van der Waals surface area contributed by atoms with E-state index in [-0.39, 0.29) is 22.5 Å². The summed E-state index contributed by atoms with van der Waals surface area (Å²) in [6, 6.07) is 10.4. The summed E-state index contributed by atoms with van der Waals surface area (Å²) in [7, 11) is 0. The van der Waals surface area contributed by atoms with Crippen LogP contribution in [0.15, 0.2) is 30.3 Å². The number of hydrogen-bond donors (Lipinski definition) is 0. The van der Waals surface area contributed by atoms with Crippen molar-refractivity contribution in [1.29, 1.82) is 0 Å². The van der Waals surface area contributed by atoms with Gasteiger partial charge in [-0.1, -0.05) is 0 Å². The molecule has 1 saturated heterocycles. The first-order valence-electron chi connectivity index (χ1n) is 12.9. The number of rotatable bonds is 11. The van der Waals surface area contributed by atoms with Gasteiger partial charge in [0.15, 0.2) is 0 Å². The van der Waals surface area contributed by atoms with Crippen LogP contribution in [0.1, 0.15) is 98.7 Å². The topological polar surface area (TPSA) is 38.8 Å². The average molecular weight is 552 g/mol. The summed E-state index contributed by atoms with van der Waals surface area (Å²) < 4.78 is 16.8. The molecular formula is C27H47NO3Sn. The van der Waals surface area contributed by atoms with E-state index in [2.05, 4.69) is 52.0 Å². The molecular weight excluding hydrogens is 505 g/mol. The molecule has 1 aliphatic heterocycles. The summed E-state index contributed by atoms with van der Waals surface area (Å²) in [5, 5.41) is 0. The van der Waals surface area contributed by atoms with E-state index < -0.39 is 24.0 Å². The molecule has 1 aliphatic rings. The van der Waals surface area contributed by atoms with Crippen molar-refractivity contribution in [1.82, 2.24) is 4.90 Å². The molecule has 0 spiro atoms. The van der Waals surface area contributed by atoms with Crippen molar-refractivity contribution < 1.29 is 14.3 Å². The summed E-state index contributed by atoms with van der Waals surface area (Å²) in [5.74, 6) is 0. The fourth-order valence-corrected chi connectivity index (χ4v) is 22.2. The van der Waals surface area contributed by atoms with Crippen molar-refractivity contribution in [2.45, 2.75) is 122 Å². The van der Waals surface area contributed by atoms with Crippen LogP contribution in [0, 0.1) is 0 Å². The van der Waals surface area contributed by atoms with Crippen molar-refractivity contribution in [3.8, 4) is 0 Å². The quantitative estimate of drug-likeness (QED) is 0.261. The Morgan fingerprint density at radius 1 is 0.969 bits per heavy atom. The SMILES string of the molecule is CCC[CH2][Sn]([CH2]CCC)([CH2]CCC)[C@@H]1O[C@H](c2ccccc2)[C@@H](C)N1C(=O)OC(C)(C)C. The fraction of sp³-hybridized carbons (Fsp3) is 0.741. The molecule has 5 heteroatoms. The third-order valence-electron chi connectivity index (χ3n) is 6.75. The Hall–Kier alpha value is -0.751. The Morgan fingerprint density at radius 3 is 1.91 bits per heavy atom. The van der Waals surface area contributed by atoms with Crippen molar-refractivity contribution >= 4 is 24.5 Å². The number of ether oxygens (including phenoxy) is 2. The van der Waals surface area contributed by atoms with E-state index >= 15 is 0 Å². The van der Waals surface area contributed by atoms with Gasteiger partial charge in [0, 0.05) is 0 Å². The van der Waals surface area contributed by atoms with Gasteiger partial charge in [0.2, 0.25) is 0 Å². The van der Waals surface area contributed by atoms with Crippen molar-refractivity contribution in [3.05, 3.63) is 35.9 Å². The van der Waals surface area contributed by atoms with Gasteiger partial charge in [-0.2, -0.15) is 0 Å². The number of carbonyl (C=O) groups is 1. The van der Waals surface area contributed by atoms with Gasteiger partial charge in [-0.3, -0.25) is 0 Å². The van der Waals surface area contributed by atoms with Gasteiger partial charge >= 0.3 is 202 Å². The molecule has 1 aromatic rings. The Labute approximate surface area is 201 Å². The predicted octanol–water partition coefficient (Wildman–Crippen LogP) is 8.10. The normalized spacial score (nSPS) is 21.7. The van der Waals surface area contributed by atoms with E-state index in [1.54, 1.807) is 0 Å². The Morgan fingerprint density at radius 2 is 1.47 bits per heavy atom. The van der Waals surface area contributed by atoms with Gasteiger partial charge in [-0.25, -0.2) is 0 Å². The molecule has 1 amide bonds. The standard InChI is InChI=1S/C15H20NO3.3C4H9.Sn/c1-11-13(12-8-6-5-7-9-12)18-10-16(11)14(17)19-15(2,3)4;3*1-3-4-2;/h5-11,13H,1-4H3;3*1,3-4H2,2H3;/t11-,13+;;;;/m1..../s1. The van der Waals surface area contributed by atoms with E-state index in [0.29, 0.717) is 0 Å².